The largest absolute Gasteiger partial charge is 0.453 e. The van der Waals surface area contributed by atoms with Gasteiger partial charge in [-0.25, -0.2) is 4.79 Å². The fourth-order valence-corrected chi connectivity index (χ4v) is 3.73. The van der Waals surface area contributed by atoms with E-state index in [4.69, 9.17) is 4.74 Å². The Kier molecular flexibility index (Phi) is 5.58. The summed E-state index contributed by atoms with van der Waals surface area (Å²) in [6.07, 6.45) is 2.44. The second-order valence-electron chi connectivity index (χ2n) is 6.93. The Hall–Kier alpha value is -2.08. The van der Waals surface area contributed by atoms with E-state index in [0.29, 0.717) is 13.1 Å². The molecule has 25 heavy (non-hydrogen) atoms. The van der Waals surface area contributed by atoms with Crippen LogP contribution in [0, 0.1) is 0 Å². The average molecular weight is 345 g/mol. The minimum absolute atomic E-state index is 0.000114. The molecular weight excluding hydrogens is 318 g/mol. The monoisotopic (exact) mass is 345 g/mol. The van der Waals surface area contributed by atoms with Crippen LogP contribution in [0.2, 0.25) is 0 Å². The summed E-state index contributed by atoms with van der Waals surface area (Å²) in [5, 5.41) is 3.12. The Morgan fingerprint density at radius 1 is 1.24 bits per heavy atom. The number of nitrogens with zero attached hydrogens (tertiary/aromatic N) is 2. The highest BCUT2D eigenvalue weighted by molar-refractivity contribution is 5.81. The van der Waals surface area contributed by atoms with Gasteiger partial charge in [-0.05, 0) is 37.3 Å². The van der Waals surface area contributed by atoms with Gasteiger partial charge >= 0.3 is 6.09 Å². The standard InChI is InChI=1S/C19H27N3O3/c1-14(21-11-9-15-6-3-4-7-16(15)12-21)18(23)20-17-8-5-10-22(13-17)19(24)25-2/h3-4,6-7,14,17H,5,8-13H2,1-2H3,(H,20,23). The van der Waals surface area contributed by atoms with Gasteiger partial charge in [0.1, 0.15) is 0 Å². The van der Waals surface area contributed by atoms with Crippen molar-refractivity contribution in [1.29, 1.82) is 0 Å². The fourth-order valence-electron chi connectivity index (χ4n) is 3.73. The van der Waals surface area contributed by atoms with Gasteiger partial charge < -0.3 is 15.0 Å². The number of methoxy groups -OCH3 is 1. The van der Waals surface area contributed by atoms with Gasteiger partial charge in [-0.2, -0.15) is 0 Å². The summed E-state index contributed by atoms with van der Waals surface area (Å²) in [5.41, 5.74) is 2.69. The molecule has 2 unspecified atom stereocenters. The molecule has 2 aliphatic rings. The van der Waals surface area contributed by atoms with Gasteiger partial charge in [0, 0.05) is 32.2 Å². The topological polar surface area (TPSA) is 61.9 Å². The highest BCUT2D eigenvalue weighted by atomic mass is 16.5. The third kappa shape index (κ3) is 4.12. The van der Waals surface area contributed by atoms with Crippen molar-refractivity contribution in [2.45, 2.75) is 44.8 Å². The van der Waals surface area contributed by atoms with Crippen molar-refractivity contribution >= 4 is 12.0 Å². The first-order chi connectivity index (χ1) is 12.1. The number of hydrogen-bond acceptors (Lipinski definition) is 4. The lowest BCUT2D eigenvalue weighted by atomic mass is 9.98. The molecule has 2 atom stereocenters. The summed E-state index contributed by atoms with van der Waals surface area (Å²) in [6.45, 7) is 4.88. The molecule has 0 aromatic heterocycles. The maximum Gasteiger partial charge on any atom is 0.409 e. The van der Waals surface area contributed by atoms with Crippen molar-refractivity contribution in [1.82, 2.24) is 15.1 Å². The zero-order chi connectivity index (χ0) is 17.8. The number of fused-ring (bicyclic) bond motifs is 1. The Labute approximate surface area is 149 Å². The van der Waals surface area contributed by atoms with Crippen molar-refractivity contribution in [2.75, 3.05) is 26.7 Å². The van der Waals surface area contributed by atoms with Crippen LogP contribution < -0.4 is 5.32 Å². The Morgan fingerprint density at radius 2 is 2.00 bits per heavy atom. The summed E-state index contributed by atoms with van der Waals surface area (Å²) >= 11 is 0. The number of benzene rings is 1. The molecule has 2 aliphatic heterocycles. The summed E-state index contributed by atoms with van der Waals surface area (Å²) < 4.78 is 4.78. The number of piperidine rings is 1. The number of rotatable bonds is 3. The van der Waals surface area contributed by atoms with Crippen LogP contribution in [0.4, 0.5) is 4.79 Å². The molecule has 6 heteroatoms. The van der Waals surface area contributed by atoms with Gasteiger partial charge in [0.05, 0.1) is 13.2 Å². The van der Waals surface area contributed by atoms with Crippen molar-refractivity contribution in [2.24, 2.45) is 0 Å². The Balaban J connectivity index is 1.55. The smallest absolute Gasteiger partial charge is 0.409 e. The van der Waals surface area contributed by atoms with E-state index in [-0.39, 0.29) is 24.1 Å². The second kappa shape index (κ2) is 7.87. The lowest BCUT2D eigenvalue weighted by Gasteiger charge is -2.36. The molecular formula is C19H27N3O3. The molecule has 1 N–H and O–H groups in total. The van der Waals surface area contributed by atoms with Crippen LogP contribution in [-0.2, 0) is 22.5 Å². The fraction of sp³-hybridized carbons (Fsp3) is 0.579. The first kappa shape index (κ1) is 17.7. The van der Waals surface area contributed by atoms with Crippen LogP contribution in [0.3, 0.4) is 0 Å². The van der Waals surface area contributed by atoms with Gasteiger partial charge in [-0.15, -0.1) is 0 Å². The number of hydrogen-bond donors (Lipinski definition) is 1. The average Bonchev–Trinajstić information content (AvgIpc) is 2.66. The zero-order valence-electron chi connectivity index (χ0n) is 15.0. The summed E-state index contributed by atoms with van der Waals surface area (Å²) in [5.74, 6) is 0.0381. The predicted molar refractivity (Wildman–Crippen MR) is 95.2 cm³/mol. The molecule has 2 amide bonds. The highest BCUT2D eigenvalue weighted by Crippen LogP contribution is 2.20. The second-order valence-corrected chi connectivity index (χ2v) is 6.93. The molecule has 0 bridgehead atoms. The molecule has 3 rings (SSSR count). The molecule has 6 nitrogen and oxygen atoms in total. The summed E-state index contributed by atoms with van der Waals surface area (Å²) in [7, 11) is 1.39. The lowest BCUT2D eigenvalue weighted by Crippen LogP contribution is -2.54. The van der Waals surface area contributed by atoms with E-state index in [1.54, 1.807) is 4.90 Å². The van der Waals surface area contributed by atoms with Crippen LogP contribution in [0.1, 0.15) is 30.9 Å². The maximum absolute atomic E-state index is 12.7. The minimum atomic E-state index is -0.320. The number of nitrogens with one attached hydrogen (secondary N) is 1. The zero-order valence-corrected chi connectivity index (χ0v) is 15.0. The lowest BCUT2D eigenvalue weighted by molar-refractivity contribution is -0.127. The summed E-state index contributed by atoms with van der Waals surface area (Å²) in [6, 6.07) is 8.25. The quantitative estimate of drug-likeness (QED) is 0.907. The molecule has 1 saturated heterocycles. The van der Waals surface area contributed by atoms with E-state index >= 15 is 0 Å². The first-order valence-electron chi connectivity index (χ1n) is 9.02. The van der Waals surface area contributed by atoms with E-state index in [9.17, 15) is 9.59 Å². The van der Waals surface area contributed by atoms with Crippen LogP contribution in [0.15, 0.2) is 24.3 Å². The maximum atomic E-state index is 12.7. The van der Waals surface area contributed by atoms with Crippen LogP contribution in [0.5, 0.6) is 0 Å². The normalized spacial score (nSPS) is 22.0. The Bertz CT molecular complexity index is 634. The highest BCUT2D eigenvalue weighted by Gasteiger charge is 2.29. The predicted octanol–water partition coefficient (Wildman–Crippen LogP) is 1.78. The van der Waals surface area contributed by atoms with Crippen molar-refractivity contribution < 1.29 is 14.3 Å². The number of carbonyl (C=O) groups is 2. The molecule has 0 saturated carbocycles. The van der Waals surface area contributed by atoms with Crippen LogP contribution in [-0.4, -0.2) is 60.6 Å². The molecule has 0 radical (unpaired) electrons. The van der Waals surface area contributed by atoms with E-state index in [1.165, 1.54) is 18.2 Å². The number of amides is 2. The van der Waals surface area contributed by atoms with Crippen LogP contribution >= 0.6 is 0 Å². The first-order valence-corrected chi connectivity index (χ1v) is 9.02. The van der Waals surface area contributed by atoms with E-state index < -0.39 is 0 Å². The molecule has 2 heterocycles. The molecule has 0 spiro atoms. The Morgan fingerprint density at radius 3 is 2.76 bits per heavy atom. The number of ether oxygens (including phenoxy) is 1. The molecule has 1 aromatic rings. The van der Waals surface area contributed by atoms with Gasteiger partial charge in [-0.1, -0.05) is 24.3 Å². The van der Waals surface area contributed by atoms with Crippen LogP contribution in [0.25, 0.3) is 0 Å². The molecule has 136 valence electrons. The number of carbonyl (C=O) groups excluding carboxylic acids is 2. The van der Waals surface area contributed by atoms with Crippen molar-refractivity contribution in [3.63, 3.8) is 0 Å². The van der Waals surface area contributed by atoms with Gasteiger partial charge in [0.2, 0.25) is 5.91 Å². The van der Waals surface area contributed by atoms with Crippen molar-refractivity contribution in [3.8, 4) is 0 Å². The number of likely N-dealkylation sites (tertiary alicyclic amines) is 1. The van der Waals surface area contributed by atoms with Gasteiger partial charge in [0.25, 0.3) is 0 Å². The molecule has 1 aromatic carbocycles. The summed E-state index contributed by atoms with van der Waals surface area (Å²) in [4.78, 5) is 28.2. The SMILES string of the molecule is COC(=O)N1CCCC(NC(=O)C(C)N2CCc3ccccc3C2)C1. The minimum Gasteiger partial charge on any atom is -0.453 e. The van der Waals surface area contributed by atoms with Gasteiger partial charge in [-0.3, -0.25) is 9.69 Å². The third-order valence-electron chi connectivity index (χ3n) is 5.29. The molecule has 1 fully saturated rings. The van der Waals surface area contributed by atoms with E-state index in [2.05, 4.69) is 34.5 Å². The van der Waals surface area contributed by atoms with E-state index in [1.807, 2.05) is 6.92 Å². The third-order valence-corrected chi connectivity index (χ3v) is 5.29. The van der Waals surface area contributed by atoms with Gasteiger partial charge in [0.15, 0.2) is 0 Å². The van der Waals surface area contributed by atoms with Crippen molar-refractivity contribution in [3.05, 3.63) is 35.4 Å². The molecule has 0 aliphatic carbocycles. The van der Waals surface area contributed by atoms with E-state index in [0.717, 1.165) is 32.4 Å².